The van der Waals surface area contributed by atoms with Crippen molar-refractivity contribution in [2.45, 2.75) is 0 Å². The van der Waals surface area contributed by atoms with Gasteiger partial charge in [0.25, 0.3) is 0 Å². The minimum Gasteiger partial charge on any atom is -0.339 e. The first kappa shape index (κ1) is 10.1. The molecule has 16 heavy (non-hydrogen) atoms. The molecule has 0 saturated carbocycles. The third kappa shape index (κ3) is 1.33. The highest BCUT2D eigenvalue weighted by Crippen LogP contribution is 2.34. The van der Waals surface area contributed by atoms with Crippen molar-refractivity contribution in [1.82, 2.24) is 9.97 Å². The number of nitrogens with one attached hydrogen (secondary N) is 1. The first-order valence-corrected chi connectivity index (χ1v) is 5.66. The molecule has 5 heteroatoms. The van der Waals surface area contributed by atoms with Gasteiger partial charge in [-0.15, -0.1) is 0 Å². The molecule has 0 unspecified atom stereocenters. The number of halogens is 3. The highest BCUT2D eigenvalue weighted by molar-refractivity contribution is 9.10. The Morgan fingerprint density at radius 2 is 2.31 bits per heavy atom. The van der Waals surface area contributed by atoms with Crippen LogP contribution in [0, 0.1) is 11.9 Å². The Morgan fingerprint density at radius 3 is 3.12 bits per heavy atom. The first-order chi connectivity index (χ1) is 7.66. The zero-order chi connectivity index (χ0) is 11.3. The molecule has 2 aromatic heterocycles. The molecule has 1 N–H and O–H groups in total. The summed E-state index contributed by atoms with van der Waals surface area (Å²) in [6, 6.07) is 5.51. The minimum atomic E-state index is -0.343. The Labute approximate surface area is 104 Å². The summed E-state index contributed by atoms with van der Waals surface area (Å²) in [6.45, 7) is 0. The van der Waals surface area contributed by atoms with Crippen LogP contribution in [0.1, 0.15) is 0 Å². The Balaban J connectivity index is 2.60. The van der Waals surface area contributed by atoms with E-state index in [0.717, 1.165) is 0 Å². The molecule has 0 atom stereocenters. The molecule has 0 saturated heterocycles. The van der Waals surface area contributed by atoms with Crippen LogP contribution in [0.15, 0.2) is 22.8 Å². The zero-order valence-electron chi connectivity index (χ0n) is 7.81. The molecule has 1 radical (unpaired) electrons. The SMILES string of the molecule is Fc1c[c]c2[nH]c3ncc(Br)c(Cl)c3c2c1. The van der Waals surface area contributed by atoms with E-state index >= 15 is 0 Å². The molecule has 79 valence electrons. The molecular formula is C11H4BrClFN2. The molecule has 0 aliphatic carbocycles. The first-order valence-electron chi connectivity index (χ1n) is 4.49. The summed E-state index contributed by atoms with van der Waals surface area (Å²) in [6.07, 6.45) is 1.61. The third-order valence-corrected chi connectivity index (χ3v) is 3.61. The van der Waals surface area contributed by atoms with Gasteiger partial charge in [-0.3, -0.25) is 0 Å². The van der Waals surface area contributed by atoms with Gasteiger partial charge < -0.3 is 4.98 Å². The van der Waals surface area contributed by atoms with Crippen LogP contribution in [0.25, 0.3) is 21.9 Å². The van der Waals surface area contributed by atoms with Crippen molar-refractivity contribution < 1.29 is 4.39 Å². The fraction of sp³-hybridized carbons (Fsp3) is 0. The number of rotatable bonds is 0. The van der Waals surface area contributed by atoms with Crippen molar-refractivity contribution in [2.24, 2.45) is 0 Å². The fourth-order valence-electron chi connectivity index (χ4n) is 1.70. The summed E-state index contributed by atoms with van der Waals surface area (Å²) in [5.74, 6) is -0.343. The minimum absolute atomic E-state index is 0.343. The second kappa shape index (κ2) is 3.43. The van der Waals surface area contributed by atoms with Gasteiger partial charge in [-0.05, 0) is 28.1 Å². The summed E-state index contributed by atoms with van der Waals surface area (Å²) in [5, 5.41) is 1.92. The molecule has 0 bridgehead atoms. The number of benzene rings is 1. The van der Waals surface area contributed by atoms with Crippen molar-refractivity contribution in [2.75, 3.05) is 0 Å². The van der Waals surface area contributed by atoms with E-state index in [2.05, 4.69) is 32.0 Å². The predicted molar refractivity (Wildman–Crippen MR) is 65.1 cm³/mol. The number of H-pyrrole nitrogens is 1. The summed E-state index contributed by atoms with van der Waals surface area (Å²) < 4.78 is 13.8. The molecule has 0 aliphatic rings. The van der Waals surface area contributed by atoms with Crippen molar-refractivity contribution >= 4 is 49.5 Å². The Kier molecular flexibility index (Phi) is 2.16. The average Bonchev–Trinajstić information content (AvgIpc) is 2.62. The van der Waals surface area contributed by atoms with Gasteiger partial charge in [0.2, 0.25) is 0 Å². The summed E-state index contributed by atoms with van der Waals surface area (Å²) in [4.78, 5) is 7.21. The number of hydrogen-bond acceptors (Lipinski definition) is 1. The quantitative estimate of drug-likeness (QED) is 0.666. The average molecular weight is 299 g/mol. The van der Waals surface area contributed by atoms with Crippen LogP contribution in [-0.4, -0.2) is 9.97 Å². The molecule has 3 aromatic rings. The number of hydrogen-bond donors (Lipinski definition) is 1. The molecule has 0 aliphatic heterocycles. The zero-order valence-corrected chi connectivity index (χ0v) is 10.2. The number of aromatic amines is 1. The molecule has 0 spiro atoms. The normalized spacial score (nSPS) is 11.4. The third-order valence-electron chi connectivity index (χ3n) is 2.39. The number of fused-ring (bicyclic) bond motifs is 3. The van der Waals surface area contributed by atoms with Gasteiger partial charge in [-0.2, -0.15) is 0 Å². The molecular weight excluding hydrogens is 294 g/mol. The maximum Gasteiger partial charge on any atom is 0.139 e. The van der Waals surface area contributed by atoms with E-state index < -0.39 is 0 Å². The molecule has 1 aromatic carbocycles. The van der Waals surface area contributed by atoms with Crippen molar-refractivity contribution in [3.63, 3.8) is 0 Å². The van der Waals surface area contributed by atoms with Crippen LogP contribution >= 0.6 is 27.5 Å². The molecule has 0 amide bonds. The molecule has 0 fully saturated rings. The Hall–Kier alpha value is -1.13. The molecule has 2 heterocycles. The maximum atomic E-state index is 13.2. The van der Waals surface area contributed by atoms with Crippen LogP contribution in [0.2, 0.25) is 5.02 Å². The van der Waals surface area contributed by atoms with E-state index in [1.54, 1.807) is 6.20 Å². The van der Waals surface area contributed by atoms with Gasteiger partial charge in [0, 0.05) is 23.0 Å². The van der Waals surface area contributed by atoms with Crippen LogP contribution in [0.5, 0.6) is 0 Å². The van der Waals surface area contributed by atoms with Gasteiger partial charge in [-0.25, -0.2) is 9.37 Å². The highest BCUT2D eigenvalue weighted by atomic mass is 79.9. The van der Waals surface area contributed by atoms with E-state index in [4.69, 9.17) is 11.6 Å². The second-order valence-corrected chi connectivity index (χ2v) is 4.61. The van der Waals surface area contributed by atoms with Crippen molar-refractivity contribution in [3.8, 4) is 0 Å². The monoisotopic (exact) mass is 297 g/mol. The number of nitrogens with zero attached hydrogens (tertiary/aromatic N) is 1. The largest absolute Gasteiger partial charge is 0.339 e. The van der Waals surface area contributed by atoms with E-state index in [9.17, 15) is 4.39 Å². The molecule has 2 nitrogen and oxygen atoms in total. The lowest BCUT2D eigenvalue weighted by Gasteiger charge is -1.97. The smallest absolute Gasteiger partial charge is 0.139 e. The van der Waals surface area contributed by atoms with Crippen LogP contribution in [-0.2, 0) is 0 Å². The van der Waals surface area contributed by atoms with Crippen LogP contribution in [0.4, 0.5) is 4.39 Å². The maximum absolute atomic E-state index is 13.2. The Bertz CT molecular complexity index is 708. The standard InChI is InChI=1S/C11H4BrClFN2/c12-7-4-15-11-9(10(7)13)6-3-5(14)1-2-8(6)16-11/h1,3-4H,(H,15,16). The van der Waals surface area contributed by atoms with Gasteiger partial charge in [0.1, 0.15) is 11.5 Å². The van der Waals surface area contributed by atoms with E-state index in [-0.39, 0.29) is 5.82 Å². The van der Waals surface area contributed by atoms with Crippen LogP contribution < -0.4 is 0 Å². The lowest BCUT2D eigenvalue weighted by molar-refractivity contribution is 0.629. The fourth-order valence-corrected chi connectivity index (χ4v) is 2.24. The van der Waals surface area contributed by atoms with Gasteiger partial charge in [0.05, 0.1) is 15.0 Å². The van der Waals surface area contributed by atoms with Crippen LogP contribution in [0.3, 0.4) is 0 Å². The Morgan fingerprint density at radius 1 is 1.50 bits per heavy atom. The van der Waals surface area contributed by atoms with E-state index in [0.29, 0.717) is 31.4 Å². The number of aromatic nitrogens is 2. The summed E-state index contributed by atoms with van der Waals surface area (Å²) >= 11 is 9.45. The van der Waals surface area contributed by atoms with E-state index in [1.807, 2.05) is 0 Å². The van der Waals surface area contributed by atoms with Crippen molar-refractivity contribution in [1.29, 1.82) is 0 Å². The van der Waals surface area contributed by atoms with Gasteiger partial charge >= 0.3 is 0 Å². The lowest BCUT2D eigenvalue weighted by Crippen LogP contribution is -1.78. The second-order valence-electron chi connectivity index (χ2n) is 3.38. The van der Waals surface area contributed by atoms with E-state index in [1.165, 1.54) is 12.1 Å². The molecule has 3 rings (SSSR count). The lowest BCUT2D eigenvalue weighted by atomic mass is 10.2. The predicted octanol–water partition coefficient (Wildman–Crippen LogP) is 4.07. The topological polar surface area (TPSA) is 28.7 Å². The number of pyridine rings is 1. The van der Waals surface area contributed by atoms with Crippen molar-refractivity contribution in [3.05, 3.63) is 39.7 Å². The highest BCUT2D eigenvalue weighted by Gasteiger charge is 2.12. The summed E-state index contributed by atoms with van der Waals surface area (Å²) in [5.41, 5.74) is 1.33. The summed E-state index contributed by atoms with van der Waals surface area (Å²) in [7, 11) is 0. The van der Waals surface area contributed by atoms with Gasteiger partial charge in [0.15, 0.2) is 0 Å². The van der Waals surface area contributed by atoms with Gasteiger partial charge in [-0.1, -0.05) is 11.6 Å².